The van der Waals surface area contributed by atoms with E-state index in [1.165, 1.54) is 11.3 Å². The van der Waals surface area contributed by atoms with Crippen molar-refractivity contribution in [2.45, 2.75) is 129 Å². The van der Waals surface area contributed by atoms with E-state index < -0.39 is 65.0 Å². The van der Waals surface area contributed by atoms with Gasteiger partial charge in [-0.1, -0.05) is 39.5 Å². The second-order valence-corrected chi connectivity index (χ2v) is 17.5. The van der Waals surface area contributed by atoms with Gasteiger partial charge in [0.15, 0.2) is 11.4 Å². The van der Waals surface area contributed by atoms with Gasteiger partial charge in [-0.15, -0.1) is 11.3 Å². The second-order valence-electron chi connectivity index (χ2n) is 16.4. The molecule has 2 unspecified atom stereocenters. The largest absolute Gasteiger partial charge is 0.458 e. The summed E-state index contributed by atoms with van der Waals surface area (Å²) in [5.74, 6) is 2.43. The van der Waals surface area contributed by atoms with Gasteiger partial charge in [-0.25, -0.2) is 14.8 Å². The summed E-state index contributed by atoms with van der Waals surface area (Å²) < 4.78 is 25.2. The Hall–Kier alpha value is -3.70. The zero-order valence-corrected chi connectivity index (χ0v) is 34.7. The van der Waals surface area contributed by atoms with Crippen LogP contribution >= 0.6 is 11.3 Å². The predicted molar refractivity (Wildman–Crippen MR) is 209 cm³/mol. The normalized spacial score (nSPS) is 36.2. The Kier molecular flexibility index (Phi) is 13.6. The number of carbonyl (C=O) groups excluding carboxylic acids is 4. The lowest BCUT2D eigenvalue weighted by atomic mass is 9.68. The van der Waals surface area contributed by atoms with Gasteiger partial charge in [0.25, 0.3) is 0 Å². The van der Waals surface area contributed by atoms with E-state index in [4.69, 9.17) is 18.9 Å². The summed E-state index contributed by atoms with van der Waals surface area (Å²) in [6, 6.07) is 5.14. The summed E-state index contributed by atoms with van der Waals surface area (Å²) in [6.07, 6.45) is 4.33. The molecule has 1 N–H and O–H groups in total. The van der Waals surface area contributed by atoms with Crippen LogP contribution in [0.4, 0.5) is 4.79 Å². The molecule has 2 aromatic rings. The zero-order valence-electron chi connectivity index (χ0n) is 33.9. The summed E-state index contributed by atoms with van der Waals surface area (Å²) in [7, 11) is 4.13. The topological polar surface area (TPSA) is 146 Å². The Morgan fingerprint density at radius 2 is 1.71 bits per heavy atom. The van der Waals surface area contributed by atoms with Crippen LogP contribution in [0.15, 0.2) is 30.6 Å². The standard InChI is InChI=1S/C42H58N4O8S/c1-11-34-42(8)37(45-40(50)54-42)27(5)35(47)24(2)23-41(7,51-19-12-14-31-15-16-33(55-31)38-43-17-13-18-44-38)32(26(4)36(48)28(6)39(49)53-34)22-30-21-29(46(9)10)20-25(3)52-30/h13,15-18,24-30,32,34,37H,11,19-23H2,1-10H3,(H,45,50)/t24-,25-,26-,27+,28-,29+,30?,32-,34-,37?,41+,42-/m1/s1. The lowest BCUT2D eigenvalue weighted by Crippen LogP contribution is -2.57. The van der Waals surface area contributed by atoms with E-state index in [-0.39, 0.29) is 42.8 Å². The molecule has 0 saturated carbocycles. The van der Waals surface area contributed by atoms with E-state index in [1.54, 1.807) is 39.2 Å². The van der Waals surface area contributed by atoms with Gasteiger partial charge in [-0.2, -0.15) is 0 Å². The molecule has 0 aromatic carbocycles. The van der Waals surface area contributed by atoms with E-state index in [0.29, 0.717) is 18.7 Å². The van der Waals surface area contributed by atoms with E-state index >= 15 is 0 Å². The van der Waals surface area contributed by atoms with Crippen LogP contribution in [0.1, 0.15) is 92.4 Å². The minimum atomic E-state index is -1.33. The number of Topliss-reactive ketones (excluding diaryl/α,β-unsaturated/α-hetero) is 2. The van der Waals surface area contributed by atoms with Gasteiger partial charge in [0.2, 0.25) is 0 Å². The molecular weight excluding hydrogens is 721 g/mol. The Balaban J connectivity index is 1.53. The number of esters is 1. The average molecular weight is 779 g/mol. The predicted octanol–water partition coefficient (Wildman–Crippen LogP) is 6.11. The molecule has 3 saturated heterocycles. The van der Waals surface area contributed by atoms with Crippen molar-refractivity contribution in [2.24, 2.45) is 29.6 Å². The number of aromatic nitrogens is 2. The third-order valence-electron chi connectivity index (χ3n) is 12.1. The number of amides is 1. The highest BCUT2D eigenvalue weighted by Gasteiger charge is 2.57. The van der Waals surface area contributed by atoms with Gasteiger partial charge in [-0.05, 0) is 98.0 Å². The number of carbonyl (C=O) groups is 4. The van der Waals surface area contributed by atoms with Gasteiger partial charge in [0, 0.05) is 36.2 Å². The molecule has 0 radical (unpaired) electrons. The first kappa shape index (κ1) is 42.4. The number of hydrogen-bond acceptors (Lipinski definition) is 12. The fraction of sp³-hybridized carbons (Fsp3) is 0.667. The lowest BCUT2D eigenvalue weighted by Gasteiger charge is -2.46. The monoisotopic (exact) mass is 778 g/mol. The number of fused-ring (bicyclic) bond motifs is 1. The molecule has 0 aliphatic carbocycles. The molecule has 0 bridgehead atoms. The third kappa shape index (κ3) is 9.47. The molecule has 3 aliphatic rings. The number of thiophene rings is 1. The highest BCUT2D eigenvalue weighted by Crippen LogP contribution is 2.43. The number of nitrogens with zero attached hydrogens (tertiary/aromatic N) is 3. The molecule has 12 atom stereocenters. The van der Waals surface area contributed by atoms with Crippen molar-refractivity contribution in [3.05, 3.63) is 35.5 Å². The molecule has 12 nitrogen and oxygen atoms in total. The van der Waals surface area contributed by atoms with Crippen molar-refractivity contribution < 1.29 is 38.1 Å². The minimum absolute atomic E-state index is 0.00469. The lowest BCUT2D eigenvalue weighted by molar-refractivity contribution is -0.173. The van der Waals surface area contributed by atoms with Crippen LogP contribution in [-0.4, -0.2) is 101 Å². The summed E-state index contributed by atoms with van der Waals surface area (Å²) in [5.41, 5.74) is -2.40. The maximum atomic E-state index is 14.5. The Morgan fingerprint density at radius 1 is 1.00 bits per heavy atom. The van der Waals surface area contributed by atoms with Crippen LogP contribution in [0, 0.1) is 41.4 Å². The van der Waals surface area contributed by atoms with Crippen molar-refractivity contribution in [2.75, 3.05) is 20.7 Å². The van der Waals surface area contributed by atoms with Crippen LogP contribution in [-0.2, 0) is 33.3 Å². The van der Waals surface area contributed by atoms with E-state index in [0.717, 1.165) is 22.6 Å². The van der Waals surface area contributed by atoms with E-state index in [2.05, 4.69) is 53.0 Å². The summed E-state index contributed by atoms with van der Waals surface area (Å²) >= 11 is 1.48. The van der Waals surface area contributed by atoms with Gasteiger partial charge >= 0.3 is 12.1 Å². The number of rotatable bonds is 7. The van der Waals surface area contributed by atoms with Crippen molar-refractivity contribution in [3.8, 4) is 22.5 Å². The highest BCUT2D eigenvalue weighted by atomic mass is 32.1. The first-order chi connectivity index (χ1) is 26.0. The van der Waals surface area contributed by atoms with Crippen LogP contribution in [0.5, 0.6) is 0 Å². The van der Waals surface area contributed by atoms with Gasteiger partial charge in [0.05, 0.1) is 33.6 Å². The smallest absolute Gasteiger partial charge is 0.408 e. The van der Waals surface area contributed by atoms with Crippen LogP contribution in [0.25, 0.3) is 10.7 Å². The molecule has 3 fully saturated rings. The molecule has 0 spiro atoms. The summed E-state index contributed by atoms with van der Waals surface area (Å²) in [5, 5.41) is 2.84. The molecule has 55 heavy (non-hydrogen) atoms. The maximum Gasteiger partial charge on any atom is 0.408 e. The number of ether oxygens (including phenoxy) is 4. The van der Waals surface area contributed by atoms with Crippen LogP contribution < -0.4 is 5.32 Å². The SMILES string of the molecule is CC[C@H]1OC(=O)[C@H](C)C(=O)[C@H](C)[C@@H](CC2C[C@@H](N(C)C)C[C@@H](C)O2)[C@@](C)(OCC#Cc2ccc(-c3ncccn3)s2)C[C@@H](C)C(=O)[C@H](C)C2NC(=O)O[C@@]21C. The fourth-order valence-corrected chi connectivity index (χ4v) is 9.81. The Labute approximate surface area is 329 Å². The number of alkyl carbamates (subject to hydrolysis) is 1. The Bertz CT molecular complexity index is 1760. The quantitative estimate of drug-likeness (QED) is 0.197. The second kappa shape index (κ2) is 17.6. The van der Waals surface area contributed by atoms with Crippen molar-refractivity contribution in [1.29, 1.82) is 0 Å². The molecule has 3 aliphatic heterocycles. The minimum Gasteiger partial charge on any atom is -0.458 e. The average Bonchev–Trinajstić information content (AvgIpc) is 3.76. The first-order valence-corrected chi connectivity index (χ1v) is 20.4. The molecule has 2 aromatic heterocycles. The van der Waals surface area contributed by atoms with Gasteiger partial charge < -0.3 is 29.2 Å². The highest BCUT2D eigenvalue weighted by molar-refractivity contribution is 7.15. The van der Waals surface area contributed by atoms with Gasteiger partial charge in [-0.3, -0.25) is 14.4 Å². The van der Waals surface area contributed by atoms with Crippen molar-refractivity contribution in [1.82, 2.24) is 20.2 Å². The van der Waals surface area contributed by atoms with Crippen LogP contribution in [0.3, 0.4) is 0 Å². The summed E-state index contributed by atoms with van der Waals surface area (Å²) in [4.78, 5) is 68.1. The van der Waals surface area contributed by atoms with E-state index in [9.17, 15) is 19.2 Å². The zero-order chi connectivity index (χ0) is 40.2. The third-order valence-corrected chi connectivity index (χ3v) is 13.1. The molecule has 5 heterocycles. The maximum absolute atomic E-state index is 14.5. The number of cyclic esters (lactones) is 1. The molecule has 1 amide bonds. The number of hydrogen-bond donors (Lipinski definition) is 1. The fourth-order valence-electron chi connectivity index (χ4n) is 8.98. The van der Waals surface area contributed by atoms with E-state index in [1.807, 2.05) is 39.8 Å². The van der Waals surface area contributed by atoms with Crippen molar-refractivity contribution >= 4 is 35.0 Å². The first-order valence-electron chi connectivity index (χ1n) is 19.6. The molecule has 13 heteroatoms. The number of ketones is 2. The molecule has 5 rings (SSSR count). The summed E-state index contributed by atoms with van der Waals surface area (Å²) in [6.45, 7) is 14.6. The Morgan fingerprint density at radius 3 is 2.38 bits per heavy atom. The number of nitrogens with one attached hydrogen (secondary N) is 1. The van der Waals surface area contributed by atoms with Crippen LogP contribution in [0.2, 0.25) is 0 Å². The van der Waals surface area contributed by atoms with Crippen molar-refractivity contribution in [3.63, 3.8) is 0 Å². The molecular formula is C42H58N4O8S. The molecule has 300 valence electrons. The van der Waals surface area contributed by atoms with Gasteiger partial charge in [0.1, 0.15) is 30.2 Å².